The van der Waals surface area contributed by atoms with Crippen molar-refractivity contribution in [2.45, 2.75) is 27.2 Å². The van der Waals surface area contributed by atoms with Gasteiger partial charge >= 0.3 is 0 Å². The van der Waals surface area contributed by atoms with Crippen molar-refractivity contribution in [3.05, 3.63) is 53.6 Å². The number of nitrogens with zero attached hydrogens (tertiary/aromatic N) is 2. The second-order valence-corrected chi connectivity index (χ2v) is 6.78. The highest BCUT2D eigenvalue weighted by molar-refractivity contribution is 5.98. The van der Waals surface area contributed by atoms with Gasteiger partial charge in [0.25, 0.3) is 0 Å². The largest absolute Gasteiger partial charge is 0.360 e. The molecule has 0 atom stereocenters. The Morgan fingerprint density at radius 2 is 1.73 bits per heavy atom. The van der Waals surface area contributed by atoms with Crippen LogP contribution in [0.4, 0.5) is 17.1 Å². The van der Waals surface area contributed by atoms with E-state index in [1.807, 2.05) is 49.4 Å². The number of amides is 2. The van der Waals surface area contributed by atoms with Crippen molar-refractivity contribution in [3.8, 4) is 0 Å². The van der Waals surface area contributed by atoms with Crippen LogP contribution in [0.3, 0.4) is 0 Å². The summed E-state index contributed by atoms with van der Waals surface area (Å²) in [7, 11) is 0. The molecule has 0 bridgehead atoms. The molecule has 1 heterocycles. The number of rotatable bonds is 3. The highest BCUT2D eigenvalue weighted by Crippen LogP contribution is 2.32. The number of aryl methyl sites for hydroxylation is 2. The first-order valence-corrected chi connectivity index (χ1v) is 8.95. The number of carbonyl (C=O) groups excluding carboxylic acids is 2. The van der Waals surface area contributed by atoms with Crippen molar-refractivity contribution in [2.75, 3.05) is 34.8 Å². The number of carbonyl (C=O) groups is 2. The fourth-order valence-electron chi connectivity index (χ4n) is 3.30. The monoisotopic (exact) mass is 351 g/mol. The zero-order chi connectivity index (χ0) is 18.7. The molecule has 2 aromatic rings. The molecule has 2 aromatic carbocycles. The molecular formula is C21H25N3O2. The van der Waals surface area contributed by atoms with E-state index in [0.29, 0.717) is 6.54 Å². The summed E-state index contributed by atoms with van der Waals surface area (Å²) in [5.41, 5.74) is 4.97. The van der Waals surface area contributed by atoms with Crippen molar-refractivity contribution in [3.63, 3.8) is 0 Å². The molecule has 1 aliphatic rings. The molecule has 1 N–H and O–H groups in total. The van der Waals surface area contributed by atoms with Crippen LogP contribution in [0.2, 0.25) is 0 Å². The maximum absolute atomic E-state index is 12.6. The van der Waals surface area contributed by atoms with Crippen LogP contribution >= 0.6 is 0 Å². The van der Waals surface area contributed by atoms with Gasteiger partial charge in [-0.05, 0) is 55.7 Å². The minimum Gasteiger partial charge on any atom is -0.360 e. The standard InChI is InChI=1S/C21H25N3O2/c1-15-9-10-18(13-16(15)2)22-21(26)14-23-11-6-12-24(17(3)25)20-8-5-4-7-19(20)23/h4-5,7-10,13H,6,11-12,14H2,1-3H3,(H,22,26). The van der Waals surface area contributed by atoms with Gasteiger partial charge in [-0.25, -0.2) is 0 Å². The molecule has 0 saturated carbocycles. The molecule has 0 spiro atoms. The number of hydrogen-bond donors (Lipinski definition) is 1. The maximum atomic E-state index is 12.6. The summed E-state index contributed by atoms with van der Waals surface area (Å²) >= 11 is 0. The zero-order valence-corrected chi connectivity index (χ0v) is 15.6. The van der Waals surface area contributed by atoms with E-state index in [1.165, 1.54) is 5.56 Å². The Kier molecular flexibility index (Phi) is 5.26. The molecule has 1 aliphatic heterocycles. The van der Waals surface area contributed by atoms with E-state index < -0.39 is 0 Å². The quantitative estimate of drug-likeness (QED) is 0.921. The van der Waals surface area contributed by atoms with Crippen molar-refractivity contribution in [1.29, 1.82) is 0 Å². The molecule has 0 fully saturated rings. The minimum absolute atomic E-state index is 0.0267. The highest BCUT2D eigenvalue weighted by Gasteiger charge is 2.23. The third-order valence-corrected chi connectivity index (χ3v) is 4.83. The van der Waals surface area contributed by atoms with E-state index in [-0.39, 0.29) is 18.4 Å². The number of nitrogens with one attached hydrogen (secondary N) is 1. The molecule has 5 heteroatoms. The van der Waals surface area contributed by atoms with Crippen LogP contribution in [-0.4, -0.2) is 31.4 Å². The fraction of sp³-hybridized carbons (Fsp3) is 0.333. The first kappa shape index (κ1) is 18.0. The maximum Gasteiger partial charge on any atom is 0.243 e. The Morgan fingerprint density at radius 1 is 1.00 bits per heavy atom. The molecule has 0 radical (unpaired) electrons. The van der Waals surface area contributed by atoms with Gasteiger partial charge in [-0.3, -0.25) is 9.59 Å². The van der Waals surface area contributed by atoms with Crippen LogP contribution in [-0.2, 0) is 9.59 Å². The van der Waals surface area contributed by atoms with Gasteiger partial charge in [-0.15, -0.1) is 0 Å². The molecular weight excluding hydrogens is 326 g/mol. The fourth-order valence-corrected chi connectivity index (χ4v) is 3.30. The lowest BCUT2D eigenvalue weighted by Gasteiger charge is -2.25. The van der Waals surface area contributed by atoms with Crippen LogP contribution in [0.5, 0.6) is 0 Å². The number of anilines is 3. The smallest absolute Gasteiger partial charge is 0.243 e. The summed E-state index contributed by atoms with van der Waals surface area (Å²) in [5, 5.41) is 2.98. The first-order chi connectivity index (χ1) is 12.5. The number of benzene rings is 2. The lowest BCUT2D eigenvalue weighted by atomic mass is 10.1. The lowest BCUT2D eigenvalue weighted by molar-refractivity contribution is -0.116. The van der Waals surface area contributed by atoms with Crippen molar-refractivity contribution < 1.29 is 9.59 Å². The predicted octanol–water partition coefficient (Wildman–Crippen LogP) is 3.51. The molecule has 3 rings (SSSR count). The number of hydrogen-bond acceptors (Lipinski definition) is 3. The topological polar surface area (TPSA) is 52.7 Å². The van der Waals surface area contributed by atoms with Gasteiger partial charge in [0.05, 0.1) is 17.9 Å². The van der Waals surface area contributed by atoms with Crippen LogP contribution in [0, 0.1) is 13.8 Å². The van der Waals surface area contributed by atoms with Gasteiger partial charge in [-0.1, -0.05) is 18.2 Å². The number of para-hydroxylation sites is 2. The summed E-state index contributed by atoms with van der Waals surface area (Å²) in [6, 6.07) is 13.7. The summed E-state index contributed by atoms with van der Waals surface area (Å²) in [6.07, 6.45) is 0.825. The SMILES string of the molecule is CC(=O)N1CCCN(CC(=O)Nc2ccc(C)c(C)c2)c2ccccc21. The van der Waals surface area contributed by atoms with Crippen LogP contribution in [0.25, 0.3) is 0 Å². The van der Waals surface area contributed by atoms with Gasteiger partial charge in [0.15, 0.2) is 0 Å². The summed E-state index contributed by atoms with van der Waals surface area (Å²) in [4.78, 5) is 28.4. The van der Waals surface area contributed by atoms with Crippen LogP contribution < -0.4 is 15.1 Å². The Hall–Kier alpha value is -2.82. The lowest BCUT2D eigenvalue weighted by Crippen LogP contribution is -2.33. The molecule has 5 nitrogen and oxygen atoms in total. The summed E-state index contributed by atoms with van der Waals surface area (Å²) in [5.74, 6) is -0.0294. The van der Waals surface area contributed by atoms with E-state index in [4.69, 9.17) is 0 Å². The van der Waals surface area contributed by atoms with Gasteiger partial charge in [0.1, 0.15) is 0 Å². The van der Waals surface area contributed by atoms with E-state index >= 15 is 0 Å². The van der Waals surface area contributed by atoms with Gasteiger partial charge < -0.3 is 15.1 Å². The Labute approximate surface area is 154 Å². The average molecular weight is 351 g/mol. The normalized spacial score (nSPS) is 13.8. The molecule has 0 saturated heterocycles. The molecule has 2 amide bonds. The second kappa shape index (κ2) is 7.60. The minimum atomic E-state index is -0.0562. The van der Waals surface area contributed by atoms with Crippen LogP contribution in [0.1, 0.15) is 24.5 Å². The summed E-state index contributed by atoms with van der Waals surface area (Å²) < 4.78 is 0. The van der Waals surface area contributed by atoms with E-state index in [2.05, 4.69) is 17.1 Å². The molecule has 26 heavy (non-hydrogen) atoms. The number of fused-ring (bicyclic) bond motifs is 1. The third kappa shape index (κ3) is 3.87. The highest BCUT2D eigenvalue weighted by atomic mass is 16.2. The van der Waals surface area contributed by atoms with Crippen molar-refractivity contribution in [1.82, 2.24) is 0 Å². The van der Waals surface area contributed by atoms with E-state index in [0.717, 1.165) is 35.6 Å². The van der Waals surface area contributed by atoms with Gasteiger partial charge in [0.2, 0.25) is 11.8 Å². The molecule has 0 unspecified atom stereocenters. The second-order valence-electron chi connectivity index (χ2n) is 6.78. The Morgan fingerprint density at radius 3 is 2.42 bits per heavy atom. The zero-order valence-electron chi connectivity index (χ0n) is 15.6. The van der Waals surface area contributed by atoms with E-state index in [9.17, 15) is 9.59 Å². The van der Waals surface area contributed by atoms with Crippen molar-refractivity contribution >= 4 is 28.9 Å². The summed E-state index contributed by atoms with van der Waals surface area (Å²) in [6.45, 7) is 7.33. The Balaban J connectivity index is 1.77. The molecule has 136 valence electrons. The van der Waals surface area contributed by atoms with Gasteiger partial charge in [-0.2, -0.15) is 0 Å². The average Bonchev–Trinajstić information content (AvgIpc) is 2.78. The van der Waals surface area contributed by atoms with Crippen molar-refractivity contribution in [2.24, 2.45) is 0 Å². The molecule has 0 aromatic heterocycles. The van der Waals surface area contributed by atoms with Crippen LogP contribution in [0.15, 0.2) is 42.5 Å². The Bertz CT molecular complexity index is 832. The molecule has 0 aliphatic carbocycles. The third-order valence-electron chi connectivity index (χ3n) is 4.83. The first-order valence-electron chi connectivity index (χ1n) is 8.95. The predicted molar refractivity (Wildman–Crippen MR) is 106 cm³/mol. The van der Waals surface area contributed by atoms with Gasteiger partial charge in [0, 0.05) is 25.7 Å². The van der Waals surface area contributed by atoms with E-state index in [1.54, 1.807) is 11.8 Å².